The lowest BCUT2D eigenvalue weighted by molar-refractivity contribution is 1.18. The molecule has 0 spiro atoms. The van der Waals surface area contributed by atoms with Crippen molar-refractivity contribution >= 4 is 43.4 Å². The van der Waals surface area contributed by atoms with Gasteiger partial charge in [-0.05, 0) is 121 Å². The van der Waals surface area contributed by atoms with E-state index in [1.165, 1.54) is 54.6 Å². The van der Waals surface area contributed by atoms with Gasteiger partial charge in [-0.25, -0.2) is 4.98 Å². The number of aromatic nitrogens is 2. The summed E-state index contributed by atoms with van der Waals surface area (Å²) in [5.41, 5.74) is 16.7. The van der Waals surface area contributed by atoms with Crippen LogP contribution in [0.25, 0.3) is 116 Å². The standard InChI is InChI=1S/C61H40N2/c1-4-17-41(18-5-1)44-24-16-25-47(33-44)58-38-48(43-21-8-3-9-22-43)39-59(62-58)50-34-49(57-37-46-23-10-11-26-52(46)53-27-12-13-28-54(53)57)35-51(36-50)63-60-30-15-14-29-55(60)56-32-31-45(40-61(56)63)42-19-6-2-7-20-42/h1-40H. The van der Waals surface area contributed by atoms with Crippen molar-refractivity contribution in [3.05, 3.63) is 243 Å². The van der Waals surface area contributed by atoms with E-state index in [0.717, 1.165) is 61.5 Å². The average Bonchev–Trinajstić information content (AvgIpc) is 3.70. The van der Waals surface area contributed by atoms with Crippen LogP contribution in [-0.2, 0) is 0 Å². The van der Waals surface area contributed by atoms with Gasteiger partial charge in [0.25, 0.3) is 0 Å². The second-order valence-corrected chi connectivity index (χ2v) is 16.3. The molecular formula is C61H40N2. The number of nitrogens with zero attached hydrogens (tertiary/aromatic N) is 2. The van der Waals surface area contributed by atoms with E-state index in [9.17, 15) is 0 Å². The van der Waals surface area contributed by atoms with E-state index in [0.29, 0.717) is 0 Å². The first-order valence-corrected chi connectivity index (χ1v) is 21.6. The summed E-state index contributed by atoms with van der Waals surface area (Å²) in [5, 5.41) is 7.37. The van der Waals surface area contributed by atoms with Crippen molar-refractivity contribution in [3.63, 3.8) is 0 Å². The van der Waals surface area contributed by atoms with Gasteiger partial charge in [-0.2, -0.15) is 0 Å². The predicted octanol–water partition coefficient (Wildman–Crippen LogP) is 16.5. The summed E-state index contributed by atoms with van der Waals surface area (Å²) in [6.07, 6.45) is 0. The maximum absolute atomic E-state index is 5.57. The number of pyridine rings is 1. The largest absolute Gasteiger partial charge is 0.309 e. The Hall–Kier alpha value is -8.33. The van der Waals surface area contributed by atoms with Crippen LogP contribution >= 0.6 is 0 Å². The molecule has 0 atom stereocenters. The molecule has 0 unspecified atom stereocenters. The number of rotatable bonds is 7. The highest BCUT2D eigenvalue weighted by atomic mass is 15.0. The minimum atomic E-state index is 0.912. The molecule has 10 aromatic carbocycles. The van der Waals surface area contributed by atoms with Crippen molar-refractivity contribution in [3.8, 4) is 72.7 Å². The van der Waals surface area contributed by atoms with E-state index in [-0.39, 0.29) is 0 Å². The molecule has 12 rings (SSSR count). The molecule has 0 radical (unpaired) electrons. The van der Waals surface area contributed by atoms with Gasteiger partial charge < -0.3 is 4.57 Å². The van der Waals surface area contributed by atoms with Gasteiger partial charge in [0, 0.05) is 27.6 Å². The Balaban J connectivity index is 1.15. The molecule has 2 aromatic heterocycles. The van der Waals surface area contributed by atoms with Crippen molar-refractivity contribution in [2.75, 3.05) is 0 Å². The van der Waals surface area contributed by atoms with Crippen LogP contribution in [0, 0.1) is 0 Å². The fraction of sp³-hybridized carbons (Fsp3) is 0. The summed E-state index contributed by atoms with van der Waals surface area (Å²) in [5.74, 6) is 0. The van der Waals surface area contributed by atoms with Crippen LogP contribution in [0.15, 0.2) is 243 Å². The molecule has 0 bridgehead atoms. The fourth-order valence-corrected chi connectivity index (χ4v) is 9.51. The van der Waals surface area contributed by atoms with Crippen molar-refractivity contribution < 1.29 is 0 Å². The minimum Gasteiger partial charge on any atom is -0.309 e. The molecule has 0 saturated heterocycles. The number of benzene rings is 10. The van der Waals surface area contributed by atoms with Gasteiger partial charge in [0.15, 0.2) is 0 Å². The zero-order chi connectivity index (χ0) is 41.7. The maximum atomic E-state index is 5.57. The maximum Gasteiger partial charge on any atom is 0.0716 e. The average molecular weight is 801 g/mol. The van der Waals surface area contributed by atoms with E-state index in [1.54, 1.807) is 0 Å². The van der Waals surface area contributed by atoms with E-state index in [1.807, 2.05) is 0 Å². The molecule has 0 amide bonds. The van der Waals surface area contributed by atoms with Crippen LogP contribution in [0.5, 0.6) is 0 Å². The van der Waals surface area contributed by atoms with E-state index >= 15 is 0 Å². The van der Waals surface area contributed by atoms with E-state index in [4.69, 9.17) is 4.98 Å². The van der Waals surface area contributed by atoms with Crippen LogP contribution in [0.3, 0.4) is 0 Å². The second kappa shape index (κ2) is 15.3. The zero-order valence-electron chi connectivity index (χ0n) is 34.5. The van der Waals surface area contributed by atoms with Crippen LogP contribution in [-0.4, -0.2) is 9.55 Å². The molecule has 0 N–H and O–H groups in total. The lowest BCUT2D eigenvalue weighted by Crippen LogP contribution is -1.98. The zero-order valence-corrected chi connectivity index (χ0v) is 34.5. The van der Waals surface area contributed by atoms with Gasteiger partial charge >= 0.3 is 0 Å². The molecule has 0 fully saturated rings. The quantitative estimate of drug-likeness (QED) is 0.147. The molecule has 2 heteroatoms. The Morgan fingerprint density at radius 1 is 0.254 bits per heavy atom. The molecule has 0 aliphatic carbocycles. The third kappa shape index (κ3) is 6.57. The first-order chi connectivity index (χ1) is 31.2. The highest BCUT2D eigenvalue weighted by molar-refractivity contribution is 6.14. The monoisotopic (exact) mass is 800 g/mol. The van der Waals surface area contributed by atoms with Gasteiger partial charge in [-0.3, -0.25) is 0 Å². The van der Waals surface area contributed by atoms with Gasteiger partial charge in [0.05, 0.1) is 22.4 Å². The fourth-order valence-electron chi connectivity index (χ4n) is 9.51. The number of hydrogen-bond acceptors (Lipinski definition) is 1. The Morgan fingerprint density at radius 3 is 1.49 bits per heavy atom. The SMILES string of the molecule is c1ccc(-c2cccc(-c3cc(-c4ccccc4)cc(-c4cc(-c5cc6ccccc6c6ccccc56)cc(-n5c6ccccc6c6ccc(-c7ccccc7)cc65)c4)n3)c2)cc1. The van der Waals surface area contributed by atoms with E-state index in [2.05, 4.69) is 247 Å². The van der Waals surface area contributed by atoms with Crippen molar-refractivity contribution in [2.24, 2.45) is 0 Å². The lowest BCUT2D eigenvalue weighted by Gasteiger charge is -2.17. The molecule has 63 heavy (non-hydrogen) atoms. The van der Waals surface area contributed by atoms with E-state index < -0.39 is 0 Å². The summed E-state index contributed by atoms with van der Waals surface area (Å²) in [7, 11) is 0. The highest BCUT2D eigenvalue weighted by Gasteiger charge is 2.19. The van der Waals surface area contributed by atoms with Crippen LogP contribution in [0.4, 0.5) is 0 Å². The van der Waals surface area contributed by atoms with Gasteiger partial charge in [0.2, 0.25) is 0 Å². The summed E-state index contributed by atoms with van der Waals surface area (Å²) in [4.78, 5) is 5.57. The number of hydrogen-bond donors (Lipinski definition) is 0. The third-order valence-electron chi connectivity index (χ3n) is 12.5. The Labute approximate surface area is 366 Å². The normalized spacial score (nSPS) is 11.5. The van der Waals surface area contributed by atoms with Gasteiger partial charge in [-0.1, -0.05) is 188 Å². The molecule has 0 saturated carbocycles. The summed E-state index contributed by atoms with van der Waals surface area (Å²) in [6.45, 7) is 0. The molecule has 2 heterocycles. The summed E-state index contributed by atoms with van der Waals surface area (Å²) >= 11 is 0. The second-order valence-electron chi connectivity index (χ2n) is 16.3. The number of fused-ring (bicyclic) bond motifs is 6. The minimum absolute atomic E-state index is 0.912. The summed E-state index contributed by atoms with van der Waals surface area (Å²) < 4.78 is 2.46. The van der Waals surface area contributed by atoms with Gasteiger partial charge in [0.1, 0.15) is 0 Å². The summed E-state index contributed by atoms with van der Waals surface area (Å²) in [6, 6.07) is 87.9. The Morgan fingerprint density at radius 2 is 0.762 bits per heavy atom. The topological polar surface area (TPSA) is 17.8 Å². The molecular weight excluding hydrogens is 761 g/mol. The Kier molecular flexibility index (Phi) is 8.86. The van der Waals surface area contributed by atoms with Crippen LogP contribution < -0.4 is 0 Å². The molecule has 2 nitrogen and oxygen atoms in total. The first kappa shape index (κ1) is 36.5. The van der Waals surface area contributed by atoms with Gasteiger partial charge in [-0.15, -0.1) is 0 Å². The first-order valence-electron chi connectivity index (χ1n) is 21.6. The number of para-hydroxylation sites is 1. The van der Waals surface area contributed by atoms with Crippen molar-refractivity contribution in [1.29, 1.82) is 0 Å². The molecule has 0 aliphatic heterocycles. The third-order valence-corrected chi connectivity index (χ3v) is 12.5. The van der Waals surface area contributed by atoms with Crippen LogP contribution in [0.2, 0.25) is 0 Å². The van der Waals surface area contributed by atoms with Crippen molar-refractivity contribution in [1.82, 2.24) is 9.55 Å². The predicted molar refractivity (Wildman–Crippen MR) is 266 cm³/mol. The van der Waals surface area contributed by atoms with Crippen molar-refractivity contribution in [2.45, 2.75) is 0 Å². The molecule has 12 aromatic rings. The Bertz CT molecular complexity index is 3660. The lowest BCUT2D eigenvalue weighted by atomic mass is 9.91. The molecule has 294 valence electrons. The highest BCUT2D eigenvalue weighted by Crippen LogP contribution is 2.42. The smallest absolute Gasteiger partial charge is 0.0716 e. The molecule has 0 aliphatic rings. The van der Waals surface area contributed by atoms with Crippen LogP contribution in [0.1, 0.15) is 0 Å².